The first kappa shape index (κ1) is 19.2. The summed E-state index contributed by atoms with van der Waals surface area (Å²) in [5.74, 6) is 2.47. The van der Waals surface area contributed by atoms with E-state index in [1.807, 2.05) is 17.9 Å². The predicted octanol–water partition coefficient (Wildman–Crippen LogP) is 3.68. The average Bonchev–Trinajstić information content (AvgIpc) is 3.20. The quantitative estimate of drug-likeness (QED) is 0.737. The normalized spacial score (nSPS) is 14.8. The lowest BCUT2D eigenvalue weighted by Crippen LogP contribution is -2.36. The molecule has 27 heavy (non-hydrogen) atoms. The first-order chi connectivity index (χ1) is 13.2. The minimum atomic E-state index is 0.131. The molecule has 1 heterocycles. The van der Waals surface area contributed by atoms with E-state index in [1.54, 1.807) is 26.4 Å². The summed E-state index contributed by atoms with van der Waals surface area (Å²) in [6.07, 6.45) is 5.47. The van der Waals surface area contributed by atoms with Crippen molar-refractivity contribution in [1.82, 2.24) is 15.0 Å². The molecule has 0 bridgehead atoms. The largest absolute Gasteiger partial charge is 0.493 e. The molecule has 7 nitrogen and oxygen atoms in total. The zero-order valence-electron chi connectivity index (χ0n) is 16.2. The monoisotopic (exact) mass is 373 g/mol. The van der Waals surface area contributed by atoms with Crippen molar-refractivity contribution in [3.8, 4) is 22.9 Å². The highest BCUT2D eigenvalue weighted by Crippen LogP contribution is 2.31. The van der Waals surface area contributed by atoms with Gasteiger partial charge >= 0.3 is 0 Å². The standard InChI is InChI=1S/C20H27N3O4/c1-4-23(20(24)14-8-6-5-7-9-14)13-18-21-19(22-27-18)15-10-11-16(25-2)17(12-15)26-3/h10-12,14H,4-9,13H2,1-3H3. The number of aromatic nitrogens is 2. The van der Waals surface area contributed by atoms with Gasteiger partial charge in [-0.15, -0.1) is 0 Å². The van der Waals surface area contributed by atoms with E-state index in [2.05, 4.69) is 10.1 Å². The third-order valence-electron chi connectivity index (χ3n) is 5.08. The molecule has 0 radical (unpaired) electrons. The molecular formula is C20H27N3O4. The molecule has 7 heteroatoms. The summed E-state index contributed by atoms with van der Waals surface area (Å²) >= 11 is 0. The van der Waals surface area contributed by atoms with Gasteiger partial charge in [0, 0.05) is 18.0 Å². The van der Waals surface area contributed by atoms with Crippen LogP contribution >= 0.6 is 0 Å². The van der Waals surface area contributed by atoms with Gasteiger partial charge in [0.15, 0.2) is 11.5 Å². The lowest BCUT2D eigenvalue weighted by atomic mass is 9.88. The fourth-order valence-corrected chi connectivity index (χ4v) is 3.53. The second-order valence-corrected chi connectivity index (χ2v) is 6.77. The summed E-state index contributed by atoms with van der Waals surface area (Å²) in [5, 5.41) is 4.06. The number of carbonyl (C=O) groups excluding carboxylic acids is 1. The van der Waals surface area contributed by atoms with E-state index < -0.39 is 0 Å². The fourth-order valence-electron chi connectivity index (χ4n) is 3.53. The maximum atomic E-state index is 12.8. The Bertz CT molecular complexity index is 768. The van der Waals surface area contributed by atoms with E-state index in [0.717, 1.165) is 31.2 Å². The Balaban J connectivity index is 1.72. The molecule has 1 aliphatic carbocycles. The molecule has 1 fully saturated rings. The van der Waals surface area contributed by atoms with Crippen LogP contribution < -0.4 is 9.47 Å². The lowest BCUT2D eigenvalue weighted by Gasteiger charge is -2.27. The summed E-state index contributed by atoms with van der Waals surface area (Å²) in [7, 11) is 3.17. The molecular weight excluding hydrogens is 346 g/mol. The van der Waals surface area contributed by atoms with Crippen molar-refractivity contribution in [3.63, 3.8) is 0 Å². The van der Waals surface area contributed by atoms with Crippen LogP contribution in [0, 0.1) is 5.92 Å². The van der Waals surface area contributed by atoms with Gasteiger partial charge in [-0.3, -0.25) is 4.79 Å². The smallest absolute Gasteiger partial charge is 0.246 e. The lowest BCUT2D eigenvalue weighted by molar-refractivity contribution is -0.137. The number of ether oxygens (including phenoxy) is 2. The van der Waals surface area contributed by atoms with Gasteiger partial charge in [0.25, 0.3) is 0 Å². The van der Waals surface area contributed by atoms with Crippen LogP contribution in [0.1, 0.15) is 44.9 Å². The molecule has 0 atom stereocenters. The summed E-state index contributed by atoms with van der Waals surface area (Å²) in [5.41, 5.74) is 0.768. The van der Waals surface area contributed by atoms with Gasteiger partial charge in [0.1, 0.15) is 0 Å². The minimum Gasteiger partial charge on any atom is -0.493 e. The Morgan fingerprint density at radius 2 is 1.93 bits per heavy atom. The van der Waals surface area contributed by atoms with Crippen LogP contribution in [0.2, 0.25) is 0 Å². The van der Waals surface area contributed by atoms with Crippen molar-refractivity contribution in [2.45, 2.75) is 45.6 Å². The van der Waals surface area contributed by atoms with Crippen LogP contribution in [0.25, 0.3) is 11.4 Å². The highest BCUT2D eigenvalue weighted by atomic mass is 16.5. The van der Waals surface area contributed by atoms with Gasteiger partial charge in [-0.1, -0.05) is 24.4 Å². The van der Waals surface area contributed by atoms with Gasteiger partial charge in [-0.05, 0) is 38.0 Å². The molecule has 1 saturated carbocycles. The van der Waals surface area contributed by atoms with Crippen LogP contribution in [-0.4, -0.2) is 41.7 Å². The number of hydrogen-bond acceptors (Lipinski definition) is 6. The third kappa shape index (κ3) is 4.40. The van der Waals surface area contributed by atoms with Crippen LogP contribution in [0.5, 0.6) is 11.5 Å². The van der Waals surface area contributed by atoms with Crippen molar-refractivity contribution in [2.75, 3.05) is 20.8 Å². The van der Waals surface area contributed by atoms with Gasteiger partial charge < -0.3 is 18.9 Å². The number of nitrogens with zero attached hydrogens (tertiary/aromatic N) is 3. The summed E-state index contributed by atoms with van der Waals surface area (Å²) in [4.78, 5) is 19.0. The number of carbonyl (C=O) groups is 1. The predicted molar refractivity (Wildman–Crippen MR) is 101 cm³/mol. The van der Waals surface area contributed by atoms with E-state index in [1.165, 1.54) is 6.42 Å². The molecule has 146 valence electrons. The van der Waals surface area contributed by atoms with E-state index in [4.69, 9.17) is 14.0 Å². The maximum Gasteiger partial charge on any atom is 0.246 e. The number of methoxy groups -OCH3 is 2. The summed E-state index contributed by atoms with van der Waals surface area (Å²) < 4.78 is 16.0. The minimum absolute atomic E-state index is 0.131. The van der Waals surface area contributed by atoms with Crippen molar-refractivity contribution in [2.24, 2.45) is 5.92 Å². The molecule has 1 amide bonds. The molecule has 2 aromatic rings. The molecule has 0 saturated heterocycles. The number of amides is 1. The zero-order valence-corrected chi connectivity index (χ0v) is 16.2. The van der Waals surface area contributed by atoms with Crippen LogP contribution in [0.15, 0.2) is 22.7 Å². The topological polar surface area (TPSA) is 77.7 Å². The molecule has 0 spiro atoms. The van der Waals surface area contributed by atoms with Crippen molar-refractivity contribution in [1.29, 1.82) is 0 Å². The number of hydrogen-bond donors (Lipinski definition) is 0. The van der Waals surface area contributed by atoms with E-state index in [9.17, 15) is 4.79 Å². The van der Waals surface area contributed by atoms with Crippen LogP contribution in [0.3, 0.4) is 0 Å². The third-order valence-corrected chi connectivity index (χ3v) is 5.08. The second-order valence-electron chi connectivity index (χ2n) is 6.77. The van der Waals surface area contributed by atoms with Crippen LogP contribution in [-0.2, 0) is 11.3 Å². The first-order valence-electron chi connectivity index (χ1n) is 9.50. The van der Waals surface area contributed by atoms with Crippen molar-refractivity contribution in [3.05, 3.63) is 24.1 Å². The molecule has 1 aromatic carbocycles. The average molecular weight is 373 g/mol. The Morgan fingerprint density at radius 1 is 1.19 bits per heavy atom. The summed E-state index contributed by atoms with van der Waals surface area (Å²) in [6, 6.07) is 5.45. The Morgan fingerprint density at radius 3 is 2.59 bits per heavy atom. The molecule has 0 aliphatic heterocycles. The van der Waals surface area contributed by atoms with Gasteiger partial charge in [-0.25, -0.2) is 0 Å². The van der Waals surface area contributed by atoms with Crippen LogP contribution in [0.4, 0.5) is 0 Å². The molecule has 1 aromatic heterocycles. The van der Waals surface area contributed by atoms with Crippen molar-refractivity contribution < 1.29 is 18.8 Å². The molecule has 0 unspecified atom stereocenters. The summed E-state index contributed by atoms with van der Waals surface area (Å²) in [6.45, 7) is 2.95. The Labute approximate surface area is 159 Å². The number of benzene rings is 1. The first-order valence-corrected chi connectivity index (χ1v) is 9.50. The fraction of sp³-hybridized carbons (Fsp3) is 0.550. The second kappa shape index (κ2) is 8.88. The van der Waals surface area contributed by atoms with Gasteiger partial charge in [0.2, 0.25) is 17.6 Å². The Kier molecular flexibility index (Phi) is 6.32. The van der Waals surface area contributed by atoms with Gasteiger partial charge in [-0.2, -0.15) is 4.98 Å². The van der Waals surface area contributed by atoms with Gasteiger partial charge in [0.05, 0.1) is 20.8 Å². The number of rotatable bonds is 7. The molecule has 3 rings (SSSR count). The Hall–Kier alpha value is -2.57. The highest BCUT2D eigenvalue weighted by molar-refractivity contribution is 5.78. The zero-order chi connectivity index (χ0) is 19.2. The SMILES string of the molecule is CCN(Cc1nc(-c2ccc(OC)c(OC)c2)no1)C(=O)C1CCCCC1. The maximum absolute atomic E-state index is 12.8. The highest BCUT2D eigenvalue weighted by Gasteiger charge is 2.26. The van der Waals surface area contributed by atoms with E-state index in [-0.39, 0.29) is 11.8 Å². The van der Waals surface area contributed by atoms with E-state index >= 15 is 0 Å². The van der Waals surface area contributed by atoms with Crippen molar-refractivity contribution >= 4 is 5.91 Å². The molecule has 0 N–H and O–H groups in total. The molecule has 1 aliphatic rings. The van der Waals surface area contributed by atoms with E-state index in [0.29, 0.717) is 36.3 Å².